The minimum absolute atomic E-state index is 0.303. The molecule has 0 bridgehead atoms. The molecule has 0 N–H and O–H groups in total. The van der Waals surface area contributed by atoms with Crippen molar-refractivity contribution in [2.24, 2.45) is 0 Å². The Morgan fingerprint density at radius 1 is 1.27 bits per heavy atom. The fourth-order valence-corrected chi connectivity index (χ4v) is 1.90. The molecule has 0 heterocycles. The van der Waals surface area contributed by atoms with Crippen molar-refractivity contribution in [3.63, 3.8) is 0 Å². The molecule has 0 aromatic heterocycles. The van der Waals surface area contributed by atoms with Crippen molar-refractivity contribution in [2.75, 3.05) is 0 Å². The lowest BCUT2D eigenvalue weighted by Crippen LogP contribution is -1.98. The summed E-state index contributed by atoms with van der Waals surface area (Å²) >= 11 is 0. The van der Waals surface area contributed by atoms with Crippen LogP contribution in [0.15, 0.2) is 24.3 Å². The van der Waals surface area contributed by atoms with Gasteiger partial charge in [0.2, 0.25) is 0 Å². The van der Waals surface area contributed by atoms with Gasteiger partial charge in [-0.15, -0.1) is 6.42 Å². The van der Waals surface area contributed by atoms with Crippen LogP contribution in [-0.4, -0.2) is 0 Å². The van der Waals surface area contributed by atoms with Gasteiger partial charge < -0.3 is 0 Å². The molecule has 0 aliphatic carbocycles. The maximum Gasteiger partial charge on any atom is 0.0452 e. The molecular formula is C15H20. The standard InChI is InChI=1S/C15H20/c1-4-6-7-11-14(5-2)15-12-9-8-10-13(15)3/h2,8-10,12,14H,4,6-7,11H2,1,3H3. The molecule has 80 valence electrons. The summed E-state index contributed by atoms with van der Waals surface area (Å²) in [7, 11) is 0. The molecule has 0 radical (unpaired) electrons. The largest absolute Gasteiger partial charge is 0.119 e. The summed E-state index contributed by atoms with van der Waals surface area (Å²) in [5.41, 5.74) is 2.65. The van der Waals surface area contributed by atoms with E-state index in [0.29, 0.717) is 5.92 Å². The highest BCUT2D eigenvalue weighted by atomic mass is 14.1. The van der Waals surface area contributed by atoms with Crippen LogP contribution in [0.2, 0.25) is 0 Å². The third kappa shape index (κ3) is 3.44. The molecule has 1 rings (SSSR count). The number of unbranched alkanes of at least 4 members (excludes halogenated alkanes) is 2. The van der Waals surface area contributed by atoms with Gasteiger partial charge in [-0.3, -0.25) is 0 Å². The van der Waals surface area contributed by atoms with E-state index in [1.807, 2.05) is 0 Å². The average Bonchev–Trinajstić information content (AvgIpc) is 2.26. The van der Waals surface area contributed by atoms with Gasteiger partial charge in [0.25, 0.3) is 0 Å². The van der Waals surface area contributed by atoms with Crippen molar-refractivity contribution in [1.82, 2.24) is 0 Å². The highest BCUT2D eigenvalue weighted by molar-refractivity contribution is 5.33. The zero-order valence-electron chi connectivity index (χ0n) is 9.79. The quantitative estimate of drug-likeness (QED) is 0.491. The first-order valence-electron chi connectivity index (χ1n) is 5.81. The number of benzene rings is 1. The van der Waals surface area contributed by atoms with Crippen LogP contribution in [0.1, 0.15) is 49.7 Å². The Kier molecular flexibility index (Phi) is 4.98. The van der Waals surface area contributed by atoms with Crippen molar-refractivity contribution in [2.45, 2.75) is 45.4 Å². The van der Waals surface area contributed by atoms with Gasteiger partial charge >= 0.3 is 0 Å². The molecule has 0 spiro atoms. The summed E-state index contributed by atoms with van der Waals surface area (Å²) in [6, 6.07) is 8.44. The monoisotopic (exact) mass is 200 g/mol. The van der Waals surface area contributed by atoms with Gasteiger partial charge in [0.1, 0.15) is 0 Å². The van der Waals surface area contributed by atoms with Gasteiger partial charge in [-0.2, -0.15) is 0 Å². The summed E-state index contributed by atoms with van der Waals surface area (Å²) < 4.78 is 0. The summed E-state index contributed by atoms with van der Waals surface area (Å²) in [5.74, 6) is 3.22. The molecule has 0 heteroatoms. The van der Waals surface area contributed by atoms with Crippen molar-refractivity contribution in [3.8, 4) is 12.3 Å². The minimum Gasteiger partial charge on any atom is -0.119 e. The van der Waals surface area contributed by atoms with E-state index < -0.39 is 0 Å². The van der Waals surface area contributed by atoms with Crippen LogP contribution in [0.25, 0.3) is 0 Å². The maximum atomic E-state index is 5.61. The first-order chi connectivity index (χ1) is 7.29. The number of aryl methyl sites for hydroxylation is 1. The van der Waals surface area contributed by atoms with Gasteiger partial charge in [-0.25, -0.2) is 0 Å². The van der Waals surface area contributed by atoms with Gasteiger partial charge in [-0.05, 0) is 24.5 Å². The molecule has 0 aliphatic heterocycles. The molecular weight excluding hydrogens is 180 g/mol. The first kappa shape index (κ1) is 11.9. The second kappa shape index (κ2) is 6.30. The van der Waals surface area contributed by atoms with E-state index in [0.717, 1.165) is 6.42 Å². The Bertz CT molecular complexity index is 330. The average molecular weight is 200 g/mol. The predicted octanol–water partition coefficient (Wildman–Crippen LogP) is 4.29. The van der Waals surface area contributed by atoms with E-state index >= 15 is 0 Å². The van der Waals surface area contributed by atoms with E-state index in [-0.39, 0.29) is 0 Å². The lowest BCUT2D eigenvalue weighted by Gasteiger charge is -2.13. The Balaban J connectivity index is 2.67. The van der Waals surface area contributed by atoms with Gasteiger partial charge in [0, 0.05) is 5.92 Å². The summed E-state index contributed by atoms with van der Waals surface area (Å²) in [5, 5.41) is 0. The molecule has 0 aliphatic rings. The van der Waals surface area contributed by atoms with E-state index in [1.165, 1.54) is 30.4 Å². The van der Waals surface area contributed by atoms with Crippen LogP contribution in [0.3, 0.4) is 0 Å². The molecule has 1 unspecified atom stereocenters. The third-order valence-electron chi connectivity index (χ3n) is 2.86. The highest BCUT2D eigenvalue weighted by Crippen LogP contribution is 2.24. The SMILES string of the molecule is C#CC(CCCCC)c1ccccc1C. The molecule has 1 aromatic carbocycles. The molecule has 0 fully saturated rings. The zero-order valence-corrected chi connectivity index (χ0v) is 9.79. The molecule has 0 nitrogen and oxygen atoms in total. The first-order valence-corrected chi connectivity index (χ1v) is 5.81. The lowest BCUT2D eigenvalue weighted by molar-refractivity contribution is 0.636. The Hall–Kier alpha value is -1.22. The van der Waals surface area contributed by atoms with E-state index in [2.05, 4.69) is 44.0 Å². The molecule has 0 amide bonds. The number of hydrogen-bond donors (Lipinski definition) is 0. The normalized spacial score (nSPS) is 12.1. The van der Waals surface area contributed by atoms with Crippen molar-refractivity contribution in [1.29, 1.82) is 0 Å². The van der Waals surface area contributed by atoms with Crippen LogP contribution in [0.4, 0.5) is 0 Å². The molecule has 15 heavy (non-hydrogen) atoms. The van der Waals surface area contributed by atoms with Crippen molar-refractivity contribution < 1.29 is 0 Å². The second-order valence-electron chi connectivity index (χ2n) is 4.07. The Morgan fingerprint density at radius 3 is 2.60 bits per heavy atom. The maximum absolute atomic E-state index is 5.61. The molecule has 0 saturated carbocycles. The van der Waals surface area contributed by atoms with Crippen LogP contribution in [0, 0.1) is 19.3 Å². The predicted molar refractivity (Wildman–Crippen MR) is 66.9 cm³/mol. The zero-order chi connectivity index (χ0) is 11.1. The second-order valence-corrected chi connectivity index (χ2v) is 4.07. The lowest BCUT2D eigenvalue weighted by atomic mass is 9.91. The number of terminal acetylenes is 1. The minimum atomic E-state index is 0.303. The van der Waals surface area contributed by atoms with E-state index in [1.54, 1.807) is 0 Å². The van der Waals surface area contributed by atoms with E-state index in [9.17, 15) is 0 Å². The fourth-order valence-electron chi connectivity index (χ4n) is 1.90. The topological polar surface area (TPSA) is 0 Å². The third-order valence-corrected chi connectivity index (χ3v) is 2.86. The molecule has 1 aromatic rings. The fraction of sp³-hybridized carbons (Fsp3) is 0.467. The number of rotatable bonds is 5. The Morgan fingerprint density at radius 2 is 2.00 bits per heavy atom. The summed E-state index contributed by atoms with van der Waals surface area (Å²) in [6.07, 6.45) is 10.5. The van der Waals surface area contributed by atoms with Crippen molar-refractivity contribution >= 4 is 0 Å². The van der Waals surface area contributed by atoms with Crippen LogP contribution in [-0.2, 0) is 0 Å². The Labute approximate surface area is 93.7 Å². The van der Waals surface area contributed by atoms with Crippen LogP contribution >= 0.6 is 0 Å². The molecule has 0 saturated heterocycles. The summed E-state index contributed by atoms with van der Waals surface area (Å²) in [6.45, 7) is 4.36. The van der Waals surface area contributed by atoms with Gasteiger partial charge in [0.15, 0.2) is 0 Å². The van der Waals surface area contributed by atoms with Crippen LogP contribution in [0.5, 0.6) is 0 Å². The molecule has 1 atom stereocenters. The van der Waals surface area contributed by atoms with E-state index in [4.69, 9.17) is 6.42 Å². The van der Waals surface area contributed by atoms with Crippen molar-refractivity contribution in [3.05, 3.63) is 35.4 Å². The number of hydrogen-bond acceptors (Lipinski definition) is 0. The smallest absolute Gasteiger partial charge is 0.0452 e. The van der Waals surface area contributed by atoms with Gasteiger partial charge in [0.05, 0.1) is 0 Å². The summed E-state index contributed by atoms with van der Waals surface area (Å²) in [4.78, 5) is 0. The van der Waals surface area contributed by atoms with Crippen LogP contribution < -0.4 is 0 Å². The highest BCUT2D eigenvalue weighted by Gasteiger charge is 2.09. The van der Waals surface area contributed by atoms with Gasteiger partial charge in [-0.1, -0.05) is 56.4 Å².